The van der Waals surface area contributed by atoms with Gasteiger partial charge in [-0.15, -0.1) is 21.5 Å². The molecule has 0 bridgehead atoms. The average molecular weight is 356 g/mol. The molecule has 7 heteroatoms. The number of aromatic nitrogens is 3. The van der Waals surface area contributed by atoms with Crippen LogP contribution in [0.1, 0.15) is 60.7 Å². The van der Waals surface area contributed by atoms with Crippen molar-refractivity contribution in [3.63, 3.8) is 0 Å². The van der Waals surface area contributed by atoms with Gasteiger partial charge in [-0.3, -0.25) is 4.79 Å². The highest BCUT2D eigenvalue weighted by atomic mass is 32.1. The highest BCUT2D eigenvalue weighted by molar-refractivity contribution is 7.16. The van der Waals surface area contributed by atoms with Gasteiger partial charge in [0.25, 0.3) is 5.91 Å². The summed E-state index contributed by atoms with van der Waals surface area (Å²) < 4.78 is 6.82. The first-order valence-corrected chi connectivity index (χ1v) is 9.45. The topological polar surface area (TPSA) is 72.1 Å². The zero-order chi connectivity index (χ0) is 17.4. The van der Waals surface area contributed by atoms with Gasteiger partial charge in [-0.25, -0.2) is 4.98 Å². The maximum Gasteiger partial charge on any atom is 0.253 e. The number of thiazole rings is 1. The van der Waals surface area contributed by atoms with E-state index in [-0.39, 0.29) is 17.7 Å². The van der Waals surface area contributed by atoms with Crippen LogP contribution in [-0.4, -0.2) is 39.1 Å². The lowest BCUT2D eigenvalue weighted by atomic mass is 9.96. The summed E-state index contributed by atoms with van der Waals surface area (Å²) in [6.45, 7) is 5.50. The average Bonchev–Trinajstić information content (AvgIpc) is 3.30. The minimum Gasteiger partial charge on any atom is -0.425 e. The summed E-state index contributed by atoms with van der Waals surface area (Å²) in [6, 6.07) is 5.72. The van der Waals surface area contributed by atoms with Gasteiger partial charge in [0.15, 0.2) is 0 Å². The fourth-order valence-corrected chi connectivity index (χ4v) is 3.86. The van der Waals surface area contributed by atoms with Gasteiger partial charge in [0, 0.05) is 30.5 Å². The summed E-state index contributed by atoms with van der Waals surface area (Å²) in [6.07, 6.45) is 1.71. The van der Waals surface area contributed by atoms with E-state index < -0.39 is 0 Å². The SMILES string of the molecule is CC(C)c1nnc(C2CCN(C(=O)c3ccc4ncsc4c3)CC2)o1. The number of benzene rings is 1. The molecule has 0 radical (unpaired) electrons. The standard InChI is InChI=1S/C18H20N4O2S/c1-11(2)16-20-21-17(24-16)12-5-7-22(8-6-12)18(23)13-3-4-14-15(9-13)25-10-19-14/h3-4,9-12H,5-8H2,1-2H3. The van der Waals surface area contributed by atoms with Crippen molar-refractivity contribution in [2.24, 2.45) is 0 Å². The molecule has 6 nitrogen and oxygen atoms in total. The quantitative estimate of drug-likeness (QED) is 0.713. The van der Waals surface area contributed by atoms with Gasteiger partial charge in [-0.1, -0.05) is 13.8 Å². The van der Waals surface area contributed by atoms with Crippen LogP contribution in [0.4, 0.5) is 0 Å². The number of hydrogen-bond acceptors (Lipinski definition) is 6. The van der Waals surface area contributed by atoms with Crippen LogP contribution in [0.2, 0.25) is 0 Å². The highest BCUT2D eigenvalue weighted by Gasteiger charge is 2.28. The molecule has 1 aliphatic heterocycles. The maximum atomic E-state index is 12.8. The van der Waals surface area contributed by atoms with Gasteiger partial charge in [0.05, 0.1) is 15.7 Å². The Morgan fingerprint density at radius 3 is 2.80 bits per heavy atom. The minimum absolute atomic E-state index is 0.0853. The van der Waals surface area contributed by atoms with Gasteiger partial charge in [-0.2, -0.15) is 0 Å². The van der Waals surface area contributed by atoms with Crippen LogP contribution in [0.15, 0.2) is 28.1 Å². The van der Waals surface area contributed by atoms with Crippen LogP contribution in [0.3, 0.4) is 0 Å². The lowest BCUT2D eigenvalue weighted by Gasteiger charge is -2.30. The maximum absolute atomic E-state index is 12.8. The number of piperidine rings is 1. The van der Waals surface area contributed by atoms with E-state index in [1.807, 2.05) is 36.9 Å². The van der Waals surface area contributed by atoms with Gasteiger partial charge in [0.2, 0.25) is 11.8 Å². The molecule has 1 aromatic carbocycles. The van der Waals surface area contributed by atoms with Crippen molar-refractivity contribution in [2.45, 2.75) is 38.5 Å². The van der Waals surface area contributed by atoms with E-state index in [9.17, 15) is 4.79 Å². The Hall–Kier alpha value is -2.28. The number of hydrogen-bond donors (Lipinski definition) is 0. The normalized spacial score (nSPS) is 16.0. The van der Waals surface area contributed by atoms with Crippen LogP contribution < -0.4 is 0 Å². The van der Waals surface area contributed by atoms with Gasteiger partial charge >= 0.3 is 0 Å². The summed E-state index contributed by atoms with van der Waals surface area (Å²) in [4.78, 5) is 18.9. The van der Waals surface area contributed by atoms with E-state index in [1.165, 1.54) is 0 Å². The number of fused-ring (bicyclic) bond motifs is 1. The lowest BCUT2D eigenvalue weighted by Crippen LogP contribution is -2.38. The summed E-state index contributed by atoms with van der Waals surface area (Å²) in [7, 11) is 0. The van der Waals surface area contributed by atoms with Crippen molar-refractivity contribution < 1.29 is 9.21 Å². The molecule has 25 heavy (non-hydrogen) atoms. The summed E-state index contributed by atoms with van der Waals surface area (Å²) in [5.41, 5.74) is 3.48. The van der Waals surface area contributed by atoms with E-state index >= 15 is 0 Å². The van der Waals surface area contributed by atoms with Crippen molar-refractivity contribution in [1.29, 1.82) is 0 Å². The van der Waals surface area contributed by atoms with Crippen LogP contribution in [0, 0.1) is 0 Å². The predicted molar refractivity (Wildman–Crippen MR) is 95.9 cm³/mol. The molecular formula is C18H20N4O2S. The molecule has 3 aromatic rings. The van der Waals surface area contributed by atoms with Crippen molar-refractivity contribution in [3.8, 4) is 0 Å². The number of rotatable bonds is 3. The second kappa shape index (κ2) is 6.55. The minimum atomic E-state index is 0.0853. The Bertz CT molecular complexity index is 893. The second-order valence-electron chi connectivity index (χ2n) is 6.73. The Balaban J connectivity index is 1.42. The third kappa shape index (κ3) is 3.16. The molecule has 2 aromatic heterocycles. The van der Waals surface area contributed by atoms with Gasteiger partial charge < -0.3 is 9.32 Å². The number of amides is 1. The summed E-state index contributed by atoms with van der Waals surface area (Å²) in [5.74, 6) is 1.97. The predicted octanol–water partition coefficient (Wildman–Crippen LogP) is 3.82. The number of carbonyl (C=O) groups is 1. The fourth-order valence-electron chi connectivity index (χ4n) is 3.15. The first kappa shape index (κ1) is 16.2. The molecule has 130 valence electrons. The molecular weight excluding hydrogens is 336 g/mol. The highest BCUT2D eigenvalue weighted by Crippen LogP contribution is 2.29. The van der Waals surface area contributed by atoms with Gasteiger partial charge in [0.1, 0.15) is 0 Å². The molecule has 4 rings (SSSR count). The van der Waals surface area contributed by atoms with Crippen molar-refractivity contribution >= 4 is 27.5 Å². The van der Waals surface area contributed by atoms with Crippen LogP contribution >= 0.6 is 11.3 Å². The van der Waals surface area contributed by atoms with Crippen LogP contribution in [0.5, 0.6) is 0 Å². The number of likely N-dealkylation sites (tertiary alicyclic amines) is 1. The molecule has 1 fully saturated rings. The van der Waals surface area contributed by atoms with Crippen molar-refractivity contribution in [3.05, 3.63) is 41.1 Å². The van der Waals surface area contributed by atoms with E-state index in [0.29, 0.717) is 24.9 Å². The van der Waals surface area contributed by atoms with Crippen LogP contribution in [-0.2, 0) is 0 Å². The second-order valence-corrected chi connectivity index (χ2v) is 7.62. The van der Waals surface area contributed by atoms with Crippen molar-refractivity contribution in [1.82, 2.24) is 20.1 Å². The monoisotopic (exact) mass is 356 g/mol. The Kier molecular flexibility index (Phi) is 4.25. The molecule has 1 amide bonds. The lowest BCUT2D eigenvalue weighted by molar-refractivity contribution is 0.0706. The molecule has 0 aliphatic carbocycles. The molecule has 0 N–H and O–H groups in total. The molecule has 1 aliphatic rings. The summed E-state index contributed by atoms with van der Waals surface area (Å²) >= 11 is 1.56. The molecule has 0 unspecified atom stereocenters. The largest absolute Gasteiger partial charge is 0.425 e. The third-order valence-electron chi connectivity index (χ3n) is 4.66. The Labute approximate surface area is 149 Å². The first-order chi connectivity index (χ1) is 12.1. The first-order valence-electron chi connectivity index (χ1n) is 8.57. The Morgan fingerprint density at radius 2 is 2.08 bits per heavy atom. The van der Waals surface area contributed by atoms with E-state index in [2.05, 4.69) is 15.2 Å². The van der Waals surface area contributed by atoms with E-state index in [0.717, 1.165) is 28.6 Å². The van der Waals surface area contributed by atoms with Crippen LogP contribution in [0.25, 0.3) is 10.2 Å². The molecule has 0 spiro atoms. The number of nitrogens with zero attached hydrogens (tertiary/aromatic N) is 4. The van der Waals surface area contributed by atoms with Crippen molar-refractivity contribution in [2.75, 3.05) is 13.1 Å². The molecule has 3 heterocycles. The third-order valence-corrected chi connectivity index (χ3v) is 5.45. The van der Waals surface area contributed by atoms with Gasteiger partial charge in [-0.05, 0) is 31.0 Å². The molecule has 0 atom stereocenters. The zero-order valence-electron chi connectivity index (χ0n) is 14.3. The number of carbonyl (C=O) groups excluding carboxylic acids is 1. The zero-order valence-corrected chi connectivity index (χ0v) is 15.1. The molecule has 1 saturated heterocycles. The Morgan fingerprint density at radius 1 is 1.28 bits per heavy atom. The smallest absolute Gasteiger partial charge is 0.253 e. The van der Waals surface area contributed by atoms with E-state index in [1.54, 1.807) is 16.8 Å². The molecule has 0 saturated carbocycles. The van der Waals surface area contributed by atoms with E-state index in [4.69, 9.17) is 4.42 Å². The summed E-state index contributed by atoms with van der Waals surface area (Å²) in [5, 5.41) is 8.31. The fraction of sp³-hybridized carbons (Fsp3) is 0.444.